The van der Waals surface area contributed by atoms with Gasteiger partial charge in [0.1, 0.15) is 5.75 Å². The standard InChI is InChI=1S/C17H12ClN3O3/c1-10(23-14-9-5-3-7-12(14)18)15-20-21-16(22)11-6-2-4-8-13(11)19-17(21)24-15/h2-10H,1H3. The highest BCUT2D eigenvalue weighted by Gasteiger charge is 2.19. The third-order valence-corrected chi connectivity index (χ3v) is 3.92. The van der Waals surface area contributed by atoms with E-state index >= 15 is 0 Å². The number of nitrogens with zero attached hydrogens (tertiary/aromatic N) is 3. The molecule has 0 N–H and O–H groups in total. The first-order valence-electron chi connectivity index (χ1n) is 7.33. The minimum atomic E-state index is -0.533. The zero-order chi connectivity index (χ0) is 16.7. The fraction of sp³-hybridized carbons (Fsp3) is 0.118. The molecule has 0 aliphatic rings. The van der Waals surface area contributed by atoms with Crippen LogP contribution >= 0.6 is 11.6 Å². The van der Waals surface area contributed by atoms with Gasteiger partial charge in [0.15, 0.2) is 6.10 Å². The summed E-state index contributed by atoms with van der Waals surface area (Å²) >= 11 is 6.09. The van der Waals surface area contributed by atoms with Crippen molar-refractivity contribution in [3.05, 3.63) is 69.8 Å². The Kier molecular flexibility index (Phi) is 3.46. The average Bonchev–Trinajstić information content (AvgIpc) is 3.02. The highest BCUT2D eigenvalue weighted by Crippen LogP contribution is 2.28. The minimum Gasteiger partial charge on any atom is -0.479 e. The van der Waals surface area contributed by atoms with Gasteiger partial charge in [-0.25, -0.2) is 0 Å². The topological polar surface area (TPSA) is 69.6 Å². The second-order valence-corrected chi connectivity index (χ2v) is 5.67. The molecule has 1 unspecified atom stereocenters. The Balaban J connectivity index is 1.77. The normalized spacial score (nSPS) is 12.6. The summed E-state index contributed by atoms with van der Waals surface area (Å²) in [5.41, 5.74) is 0.278. The first-order chi connectivity index (χ1) is 11.6. The van der Waals surface area contributed by atoms with Crippen molar-refractivity contribution in [3.63, 3.8) is 0 Å². The fourth-order valence-corrected chi connectivity index (χ4v) is 2.60. The summed E-state index contributed by atoms with van der Waals surface area (Å²) in [4.78, 5) is 16.8. The maximum absolute atomic E-state index is 12.5. The van der Waals surface area contributed by atoms with E-state index in [1.165, 1.54) is 0 Å². The van der Waals surface area contributed by atoms with Crippen molar-refractivity contribution in [1.29, 1.82) is 0 Å². The predicted molar refractivity (Wildman–Crippen MR) is 89.5 cm³/mol. The van der Waals surface area contributed by atoms with Crippen molar-refractivity contribution < 1.29 is 9.15 Å². The molecule has 120 valence electrons. The minimum absolute atomic E-state index is 0.128. The van der Waals surface area contributed by atoms with Crippen LogP contribution in [-0.2, 0) is 0 Å². The first-order valence-corrected chi connectivity index (χ1v) is 7.71. The third-order valence-electron chi connectivity index (χ3n) is 3.61. The molecule has 0 spiro atoms. The molecule has 24 heavy (non-hydrogen) atoms. The van der Waals surface area contributed by atoms with E-state index in [1.54, 1.807) is 37.3 Å². The van der Waals surface area contributed by atoms with Gasteiger partial charge in [-0.3, -0.25) is 4.79 Å². The molecule has 0 radical (unpaired) electrons. The van der Waals surface area contributed by atoms with Gasteiger partial charge in [0.25, 0.3) is 11.4 Å². The van der Waals surface area contributed by atoms with Gasteiger partial charge in [-0.05, 0) is 31.2 Å². The lowest BCUT2D eigenvalue weighted by atomic mass is 10.2. The van der Waals surface area contributed by atoms with Crippen LogP contribution in [-0.4, -0.2) is 14.6 Å². The molecule has 2 heterocycles. The molecule has 0 fully saturated rings. The van der Waals surface area contributed by atoms with Gasteiger partial charge in [0.2, 0.25) is 0 Å². The highest BCUT2D eigenvalue weighted by molar-refractivity contribution is 6.32. The van der Waals surface area contributed by atoms with Crippen LogP contribution < -0.4 is 10.3 Å². The number of ether oxygens (including phenoxy) is 1. The Morgan fingerprint density at radius 2 is 1.92 bits per heavy atom. The largest absolute Gasteiger partial charge is 0.479 e. The third kappa shape index (κ3) is 2.41. The smallest absolute Gasteiger partial charge is 0.328 e. The van der Waals surface area contributed by atoms with Crippen molar-refractivity contribution in [2.45, 2.75) is 13.0 Å². The van der Waals surface area contributed by atoms with E-state index in [4.69, 9.17) is 20.8 Å². The van der Waals surface area contributed by atoms with Crippen LogP contribution in [0.3, 0.4) is 0 Å². The van der Waals surface area contributed by atoms with Gasteiger partial charge < -0.3 is 9.15 Å². The van der Waals surface area contributed by atoms with Gasteiger partial charge >= 0.3 is 5.84 Å². The predicted octanol–water partition coefficient (Wildman–Crippen LogP) is 3.63. The van der Waals surface area contributed by atoms with E-state index in [-0.39, 0.29) is 17.3 Å². The summed E-state index contributed by atoms with van der Waals surface area (Å²) in [5, 5.41) is 5.16. The molecule has 1 atom stereocenters. The van der Waals surface area contributed by atoms with E-state index in [0.717, 1.165) is 4.52 Å². The van der Waals surface area contributed by atoms with Crippen LogP contribution in [0.1, 0.15) is 18.9 Å². The van der Waals surface area contributed by atoms with Gasteiger partial charge in [0, 0.05) is 0 Å². The highest BCUT2D eigenvalue weighted by atomic mass is 35.5. The summed E-state index contributed by atoms with van der Waals surface area (Å²) in [7, 11) is 0. The van der Waals surface area contributed by atoms with Crippen LogP contribution in [0.4, 0.5) is 0 Å². The molecular formula is C17H12ClN3O3. The summed E-state index contributed by atoms with van der Waals surface area (Å²) in [6, 6.07) is 14.2. The van der Waals surface area contributed by atoms with Crippen molar-refractivity contribution in [1.82, 2.24) is 14.6 Å². The lowest BCUT2D eigenvalue weighted by molar-refractivity contribution is 0.191. The van der Waals surface area contributed by atoms with Crippen molar-refractivity contribution in [2.75, 3.05) is 0 Å². The van der Waals surface area contributed by atoms with Crippen LogP contribution in [0.5, 0.6) is 5.75 Å². The lowest BCUT2D eigenvalue weighted by Crippen LogP contribution is -2.15. The summed E-state index contributed by atoms with van der Waals surface area (Å²) in [5.74, 6) is 0.887. The van der Waals surface area contributed by atoms with E-state index in [9.17, 15) is 4.79 Å². The zero-order valence-corrected chi connectivity index (χ0v) is 13.4. The molecule has 0 saturated carbocycles. The number of fused-ring (bicyclic) bond motifs is 2. The summed E-state index contributed by atoms with van der Waals surface area (Å²) in [6.45, 7) is 1.76. The van der Waals surface area contributed by atoms with Gasteiger partial charge in [0.05, 0.1) is 15.9 Å². The number of rotatable bonds is 3. The maximum Gasteiger partial charge on any atom is 0.328 e. The molecule has 4 aromatic rings. The lowest BCUT2D eigenvalue weighted by Gasteiger charge is -2.11. The number of halogens is 1. The Bertz CT molecular complexity index is 1100. The van der Waals surface area contributed by atoms with E-state index < -0.39 is 6.10 Å². The molecule has 0 bridgehead atoms. The van der Waals surface area contributed by atoms with Crippen LogP contribution in [0.25, 0.3) is 16.7 Å². The van der Waals surface area contributed by atoms with Crippen molar-refractivity contribution in [3.8, 4) is 5.75 Å². The van der Waals surface area contributed by atoms with Crippen molar-refractivity contribution in [2.24, 2.45) is 0 Å². The van der Waals surface area contributed by atoms with Crippen LogP contribution in [0.15, 0.2) is 57.7 Å². The van der Waals surface area contributed by atoms with Crippen molar-refractivity contribution >= 4 is 28.3 Å². The molecule has 0 amide bonds. The second-order valence-electron chi connectivity index (χ2n) is 5.26. The molecule has 2 aromatic heterocycles. The van der Waals surface area contributed by atoms with E-state index in [1.807, 2.05) is 18.2 Å². The van der Waals surface area contributed by atoms with Gasteiger partial charge in [-0.15, -0.1) is 9.61 Å². The molecule has 0 aliphatic heterocycles. The van der Waals surface area contributed by atoms with E-state index in [2.05, 4.69) is 10.1 Å². The summed E-state index contributed by atoms with van der Waals surface area (Å²) < 4.78 is 12.5. The number of aromatic nitrogens is 3. The fourth-order valence-electron chi connectivity index (χ4n) is 2.42. The quantitative estimate of drug-likeness (QED) is 0.569. The average molecular weight is 342 g/mol. The maximum atomic E-state index is 12.5. The number of hydrogen-bond donors (Lipinski definition) is 0. The van der Waals surface area contributed by atoms with E-state index in [0.29, 0.717) is 21.7 Å². The molecule has 4 rings (SSSR count). The van der Waals surface area contributed by atoms with Gasteiger partial charge in [-0.2, -0.15) is 4.98 Å². The molecule has 2 aromatic carbocycles. The number of para-hydroxylation sites is 2. The Morgan fingerprint density at radius 1 is 1.17 bits per heavy atom. The van der Waals surface area contributed by atoms with Gasteiger partial charge in [-0.1, -0.05) is 35.9 Å². The second kappa shape index (κ2) is 5.65. The van der Waals surface area contributed by atoms with Crippen LogP contribution in [0, 0.1) is 0 Å². The SMILES string of the molecule is CC(Oc1ccccc1Cl)c1nn2c(=O)c3ccccc3nc2o1. The zero-order valence-electron chi connectivity index (χ0n) is 12.6. The summed E-state index contributed by atoms with van der Waals surface area (Å²) in [6.07, 6.45) is -0.533. The number of hydrogen-bond acceptors (Lipinski definition) is 5. The molecular weight excluding hydrogens is 330 g/mol. The van der Waals surface area contributed by atoms with Crippen LogP contribution in [0.2, 0.25) is 5.02 Å². The molecule has 0 aliphatic carbocycles. The Morgan fingerprint density at radius 3 is 2.75 bits per heavy atom. The Hall–Kier alpha value is -2.86. The molecule has 7 heteroatoms. The molecule has 6 nitrogen and oxygen atoms in total. The first kappa shape index (κ1) is 14.7. The number of benzene rings is 2. The monoisotopic (exact) mass is 341 g/mol. The Labute approximate surface area is 141 Å². The molecule has 0 saturated heterocycles.